The van der Waals surface area contributed by atoms with E-state index < -0.39 is 0 Å². The lowest BCUT2D eigenvalue weighted by atomic mass is 10.0. The Hall–Kier alpha value is -1.26. The zero-order chi connectivity index (χ0) is 14.8. The molecular weight excluding hydrogens is 298 g/mol. The molecule has 1 atom stereocenters. The minimum atomic E-state index is 0.0644. The molecule has 2 heterocycles. The number of amides is 1. The fraction of sp³-hybridized carbons (Fsp3) is 0.353. The third kappa shape index (κ3) is 3.01. The fourth-order valence-electron chi connectivity index (χ4n) is 2.70. The maximum Gasteiger partial charge on any atom is 0.261 e. The molecule has 0 saturated carbocycles. The van der Waals surface area contributed by atoms with Crippen LogP contribution in [0.15, 0.2) is 35.2 Å². The van der Waals surface area contributed by atoms with Crippen LogP contribution in [0.1, 0.15) is 45.1 Å². The van der Waals surface area contributed by atoms with Crippen LogP contribution in [0, 0.1) is 6.92 Å². The van der Waals surface area contributed by atoms with Crippen LogP contribution in [0.2, 0.25) is 0 Å². The highest BCUT2D eigenvalue weighted by molar-refractivity contribution is 7.99. The van der Waals surface area contributed by atoms with Crippen molar-refractivity contribution < 1.29 is 4.79 Å². The molecule has 4 heteroatoms. The van der Waals surface area contributed by atoms with Crippen molar-refractivity contribution in [1.29, 1.82) is 0 Å². The molecule has 110 valence electrons. The number of rotatable bonds is 3. The highest BCUT2D eigenvalue weighted by Crippen LogP contribution is 2.36. The molecule has 0 bridgehead atoms. The van der Waals surface area contributed by atoms with Crippen LogP contribution in [0.5, 0.6) is 0 Å². The quantitative estimate of drug-likeness (QED) is 0.897. The summed E-state index contributed by atoms with van der Waals surface area (Å²) in [6.07, 6.45) is 1.98. The van der Waals surface area contributed by atoms with Gasteiger partial charge in [-0.15, -0.1) is 23.1 Å². The van der Waals surface area contributed by atoms with Gasteiger partial charge in [0.15, 0.2) is 0 Å². The van der Waals surface area contributed by atoms with Crippen molar-refractivity contribution in [3.8, 4) is 0 Å². The zero-order valence-electron chi connectivity index (χ0n) is 12.3. The second-order valence-electron chi connectivity index (χ2n) is 5.25. The van der Waals surface area contributed by atoms with E-state index >= 15 is 0 Å². The lowest BCUT2D eigenvalue weighted by Gasteiger charge is -2.25. The van der Waals surface area contributed by atoms with Crippen LogP contribution in [-0.4, -0.2) is 11.7 Å². The summed E-state index contributed by atoms with van der Waals surface area (Å²) in [6, 6.07) is 10.6. The molecule has 0 radical (unpaired) electrons. The van der Waals surface area contributed by atoms with Crippen molar-refractivity contribution in [1.82, 2.24) is 5.32 Å². The van der Waals surface area contributed by atoms with Crippen LogP contribution < -0.4 is 5.32 Å². The number of aryl methyl sites for hydroxylation is 2. The summed E-state index contributed by atoms with van der Waals surface area (Å²) in [7, 11) is 0. The van der Waals surface area contributed by atoms with Crippen molar-refractivity contribution in [2.75, 3.05) is 5.75 Å². The van der Waals surface area contributed by atoms with E-state index in [1.165, 1.54) is 20.9 Å². The van der Waals surface area contributed by atoms with Gasteiger partial charge in [0.25, 0.3) is 5.91 Å². The van der Waals surface area contributed by atoms with Gasteiger partial charge >= 0.3 is 0 Å². The predicted molar refractivity (Wildman–Crippen MR) is 90.4 cm³/mol. The van der Waals surface area contributed by atoms with Crippen LogP contribution in [0.3, 0.4) is 0 Å². The third-order valence-corrected chi connectivity index (χ3v) is 6.10. The zero-order valence-corrected chi connectivity index (χ0v) is 13.9. The van der Waals surface area contributed by atoms with Crippen molar-refractivity contribution >= 4 is 29.0 Å². The van der Waals surface area contributed by atoms with Crippen LogP contribution >= 0.6 is 23.1 Å². The topological polar surface area (TPSA) is 29.1 Å². The predicted octanol–water partition coefficient (Wildman–Crippen LogP) is 4.59. The highest BCUT2D eigenvalue weighted by atomic mass is 32.2. The first-order valence-electron chi connectivity index (χ1n) is 7.31. The molecule has 1 amide bonds. The number of nitrogens with one attached hydrogen (secondary N) is 1. The Labute approximate surface area is 134 Å². The number of thioether (sulfide) groups is 1. The minimum absolute atomic E-state index is 0.0644. The Morgan fingerprint density at radius 1 is 1.38 bits per heavy atom. The number of fused-ring (bicyclic) bond motifs is 1. The summed E-state index contributed by atoms with van der Waals surface area (Å²) in [4.78, 5) is 15.9. The van der Waals surface area contributed by atoms with Gasteiger partial charge in [-0.25, -0.2) is 0 Å². The lowest BCUT2D eigenvalue weighted by molar-refractivity contribution is 0.0939. The molecule has 1 N–H and O–H groups in total. The molecule has 0 saturated heterocycles. The first-order valence-corrected chi connectivity index (χ1v) is 9.11. The molecule has 1 aliphatic heterocycles. The number of carbonyl (C=O) groups excluding carboxylic acids is 1. The van der Waals surface area contributed by atoms with Gasteiger partial charge in [0.2, 0.25) is 0 Å². The van der Waals surface area contributed by atoms with Crippen molar-refractivity contribution in [3.63, 3.8) is 0 Å². The minimum Gasteiger partial charge on any atom is -0.344 e. The van der Waals surface area contributed by atoms with Crippen LogP contribution in [0.4, 0.5) is 0 Å². The summed E-state index contributed by atoms with van der Waals surface area (Å²) in [6.45, 7) is 4.22. The number of thiophene rings is 1. The van der Waals surface area contributed by atoms with Gasteiger partial charge in [-0.1, -0.05) is 25.1 Å². The maximum atomic E-state index is 12.5. The van der Waals surface area contributed by atoms with Gasteiger partial charge in [0.1, 0.15) is 0 Å². The lowest BCUT2D eigenvalue weighted by Crippen LogP contribution is -2.30. The second kappa shape index (κ2) is 6.24. The summed E-state index contributed by atoms with van der Waals surface area (Å²) >= 11 is 3.48. The van der Waals surface area contributed by atoms with E-state index in [1.54, 1.807) is 11.3 Å². The van der Waals surface area contributed by atoms with Gasteiger partial charge in [-0.2, -0.15) is 0 Å². The number of hydrogen-bond acceptors (Lipinski definition) is 3. The Kier molecular flexibility index (Phi) is 4.36. The number of benzene rings is 1. The molecule has 1 unspecified atom stereocenters. The molecule has 1 aromatic carbocycles. The molecule has 0 spiro atoms. The first kappa shape index (κ1) is 14.7. The molecule has 21 heavy (non-hydrogen) atoms. The molecule has 0 aliphatic carbocycles. The molecule has 2 nitrogen and oxygen atoms in total. The van der Waals surface area contributed by atoms with E-state index in [0.29, 0.717) is 0 Å². The average molecular weight is 317 g/mol. The van der Waals surface area contributed by atoms with E-state index in [1.807, 2.05) is 23.9 Å². The van der Waals surface area contributed by atoms with Gasteiger partial charge < -0.3 is 5.32 Å². The summed E-state index contributed by atoms with van der Waals surface area (Å²) in [5.74, 6) is 1.13. The van der Waals surface area contributed by atoms with Crippen LogP contribution in [-0.2, 0) is 6.42 Å². The van der Waals surface area contributed by atoms with Gasteiger partial charge in [-0.3, -0.25) is 4.79 Å². The molecule has 2 aromatic rings. The van der Waals surface area contributed by atoms with E-state index in [-0.39, 0.29) is 11.9 Å². The standard InChI is InChI=1S/C17H19NOS2/c1-3-12-10-16(21-11(12)2)17(19)18-14-8-9-20-15-7-5-4-6-13(14)15/h4-7,10,14H,3,8-9H2,1-2H3,(H,18,19). The van der Waals surface area contributed by atoms with Crippen LogP contribution in [0.25, 0.3) is 0 Å². The summed E-state index contributed by atoms with van der Waals surface area (Å²) in [5.41, 5.74) is 2.54. The maximum absolute atomic E-state index is 12.5. The average Bonchev–Trinajstić information content (AvgIpc) is 2.89. The van der Waals surface area contributed by atoms with Crippen molar-refractivity contribution in [2.24, 2.45) is 0 Å². The highest BCUT2D eigenvalue weighted by Gasteiger charge is 2.23. The SMILES string of the molecule is CCc1cc(C(=O)NC2CCSc3ccccc32)sc1C. The normalized spacial score (nSPS) is 17.3. The number of carbonyl (C=O) groups is 1. The number of hydrogen-bond donors (Lipinski definition) is 1. The van der Waals surface area contributed by atoms with E-state index in [0.717, 1.165) is 23.5 Å². The molecule has 0 fully saturated rings. The van der Waals surface area contributed by atoms with E-state index in [9.17, 15) is 4.79 Å². The van der Waals surface area contributed by atoms with E-state index in [4.69, 9.17) is 0 Å². The van der Waals surface area contributed by atoms with Gasteiger partial charge in [0, 0.05) is 15.5 Å². The second-order valence-corrected chi connectivity index (χ2v) is 7.64. The first-order chi connectivity index (χ1) is 10.2. The molecule has 1 aromatic heterocycles. The Balaban J connectivity index is 1.79. The third-order valence-electron chi connectivity index (χ3n) is 3.89. The summed E-state index contributed by atoms with van der Waals surface area (Å²) < 4.78 is 0. The molecular formula is C17H19NOS2. The van der Waals surface area contributed by atoms with E-state index in [2.05, 4.69) is 37.4 Å². The monoisotopic (exact) mass is 317 g/mol. The summed E-state index contributed by atoms with van der Waals surface area (Å²) in [5, 5.41) is 3.21. The van der Waals surface area contributed by atoms with Crippen molar-refractivity contribution in [3.05, 3.63) is 51.2 Å². The van der Waals surface area contributed by atoms with Gasteiger partial charge in [0.05, 0.1) is 10.9 Å². The fourth-order valence-corrected chi connectivity index (χ4v) is 4.85. The molecule has 3 rings (SSSR count). The van der Waals surface area contributed by atoms with Crippen molar-refractivity contribution in [2.45, 2.75) is 37.6 Å². The van der Waals surface area contributed by atoms with Gasteiger partial charge in [-0.05, 0) is 43.0 Å². The Morgan fingerprint density at radius 3 is 2.95 bits per heavy atom. The largest absolute Gasteiger partial charge is 0.344 e. The Bertz CT molecular complexity index is 663. The smallest absolute Gasteiger partial charge is 0.261 e. The Morgan fingerprint density at radius 2 is 2.19 bits per heavy atom. The molecule has 1 aliphatic rings.